The van der Waals surface area contributed by atoms with Crippen LogP contribution in [0.15, 0.2) is 53.0 Å². The summed E-state index contributed by atoms with van der Waals surface area (Å²) in [5.41, 5.74) is 1.48. The zero-order valence-electron chi connectivity index (χ0n) is 11.0. The van der Waals surface area contributed by atoms with Crippen LogP contribution in [-0.4, -0.2) is 16.2 Å². The molecule has 0 saturated carbocycles. The molecule has 2 N–H and O–H groups in total. The number of hydrogen-bond acceptors (Lipinski definition) is 3. The molecule has 4 nitrogen and oxygen atoms in total. The number of aliphatic carboxylic acids is 1. The number of carboxylic acid groups (broad SMARTS) is 1. The molecular formula is C16H13BrO4. The number of para-hydroxylation sites is 1. The van der Waals surface area contributed by atoms with Gasteiger partial charge in [-0.15, -0.1) is 0 Å². The first-order valence-corrected chi connectivity index (χ1v) is 6.96. The molecule has 0 unspecified atom stereocenters. The van der Waals surface area contributed by atoms with Crippen molar-refractivity contribution in [2.45, 2.75) is 6.61 Å². The van der Waals surface area contributed by atoms with Crippen LogP contribution in [0.25, 0.3) is 6.08 Å². The molecule has 5 heteroatoms. The molecule has 0 saturated heterocycles. The number of benzene rings is 2. The molecule has 0 atom stereocenters. The summed E-state index contributed by atoms with van der Waals surface area (Å²) in [4.78, 5) is 10.6. The van der Waals surface area contributed by atoms with E-state index in [4.69, 9.17) is 9.84 Å². The summed E-state index contributed by atoms with van der Waals surface area (Å²) in [6.07, 6.45) is 2.54. The van der Waals surface area contributed by atoms with Gasteiger partial charge in [-0.1, -0.05) is 24.3 Å². The average molecular weight is 349 g/mol. The van der Waals surface area contributed by atoms with Gasteiger partial charge < -0.3 is 14.9 Å². The highest BCUT2D eigenvalue weighted by atomic mass is 79.9. The zero-order chi connectivity index (χ0) is 15.2. The molecule has 0 aliphatic carbocycles. The number of halogens is 1. The molecule has 2 aromatic rings. The molecule has 0 aliphatic heterocycles. The van der Waals surface area contributed by atoms with Crippen LogP contribution in [0.1, 0.15) is 11.1 Å². The van der Waals surface area contributed by atoms with Crippen molar-refractivity contribution in [2.24, 2.45) is 0 Å². The number of carboxylic acids is 1. The lowest BCUT2D eigenvalue weighted by Gasteiger charge is -2.11. The molecule has 0 aliphatic rings. The minimum Gasteiger partial charge on any atom is -0.508 e. The SMILES string of the molecule is O=C(O)/C=C/c1cccc(Br)c1OCc1cccc(O)c1. The predicted molar refractivity (Wildman–Crippen MR) is 83.3 cm³/mol. The average Bonchev–Trinajstić information content (AvgIpc) is 2.44. The van der Waals surface area contributed by atoms with Gasteiger partial charge in [0.1, 0.15) is 18.1 Å². The van der Waals surface area contributed by atoms with Gasteiger partial charge in [-0.3, -0.25) is 0 Å². The quantitative estimate of drug-likeness (QED) is 0.805. The molecule has 0 amide bonds. The van der Waals surface area contributed by atoms with Crippen molar-refractivity contribution >= 4 is 28.0 Å². The molecule has 0 fully saturated rings. The van der Waals surface area contributed by atoms with Crippen LogP contribution >= 0.6 is 15.9 Å². The van der Waals surface area contributed by atoms with Crippen LogP contribution in [0.5, 0.6) is 11.5 Å². The molecule has 0 spiro atoms. The Morgan fingerprint density at radius 2 is 2.00 bits per heavy atom. The Kier molecular flexibility index (Phi) is 5.00. The summed E-state index contributed by atoms with van der Waals surface area (Å²) in [5, 5.41) is 18.1. The summed E-state index contributed by atoms with van der Waals surface area (Å²) < 4.78 is 6.47. The molecule has 0 radical (unpaired) electrons. The largest absolute Gasteiger partial charge is 0.508 e. The van der Waals surface area contributed by atoms with Gasteiger partial charge in [-0.05, 0) is 45.8 Å². The van der Waals surface area contributed by atoms with E-state index < -0.39 is 5.97 Å². The predicted octanol–water partition coefficient (Wildman–Crippen LogP) is 3.83. The van der Waals surface area contributed by atoms with Crippen molar-refractivity contribution < 1.29 is 19.7 Å². The number of phenolic OH excluding ortho intramolecular Hbond substituents is 1. The van der Waals surface area contributed by atoms with Gasteiger partial charge in [0.15, 0.2) is 0 Å². The maximum absolute atomic E-state index is 10.6. The fourth-order valence-corrected chi connectivity index (χ4v) is 2.27. The Morgan fingerprint density at radius 3 is 2.71 bits per heavy atom. The first-order chi connectivity index (χ1) is 10.1. The minimum atomic E-state index is -1.02. The second-order valence-electron chi connectivity index (χ2n) is 4.29. The number of rotatable bonds is 5. The van der Waals surface area contributed by atoms with E-state index in [1.165, 1.54) is 6.08 Å². The van der Waals surface area contributed by atoms with Gasteiger partial charge >= 0.3 is 5.97 Å². The molecule has 2 rings (SSSR count). The Balaban J connectivity index is 2.20. The van der Waals surface area contributed by atoms with Crippen molar-refractivity contribution in [1.29, 1.82) is 0 Å². The van der Waals surface area contributed by atoms with Gasteiger partial charge in [-0.2, -0.15) is 0 Å². The fraction of sp³-hybridized carbons (Fsp3) is 0.0625. The molecule has 0 bridgehead atoms. The van der Waals surface area contributed by atoms with E-state index in [9.17, 15) is 9.90 Å². The third kappa shape index (κ3) is 4.36. The van der Waals surface area contributed by atoms with Crippen molar-refractivity contribution in [3.8, 4) is 11.5 Å². The van der Waals surface area contributed by atoms with Gasteiger partial charge in [0.25, 0.3) is 0 Å². The second kappa shape index (κ2) is 6.95. The number of phenols is 1. The second-order valence-corrected chi connectivity index (χ2v) is 5.14. The highest BCUT2D eigenvalue weighted by Crippen LogP contribution is 2.31. The molecule has 0 heterocycles. The van der Waals surface area contributed by atoms with E-state index in [2.05, 4.69) is 15.9 Å². The van der Waals surface area contributed by atoms with Gasteiger partial charge in [0, 0.05) is 11.6 Å². The van der Waals surface area contributed by atoms with Crippen LogP contribution < -0.4 is 4.74 Å². The molecule has 0 aromatic heterocycles. The number of aromatic hydroxyl groups is 1. The first kappa shape index (κ1) is 15.1. The summed E-state index contributed by atoms with van der Waals surface area (Å²) in [7, 11) is 0. The van der Waals surface area contributed by atoms with Crippen LogP contribution in [0.4, 0.5) is 0 Å². The third-order valence-corrected chi connectivity index (χ3v) is 3.32. The topological polar surface area (TPSA) is 66.8 Å². The minimum absolute atomic E-state index is 0.175. The van der Waals surface area contributed by atoms with Crippen molar-refractivity contribution in [3.63, 3.8) is 0 Å². The van der Waals surface area contributed by atoms with Gasteiger partial charge in [0.05, 0.1) is 4.47 Å². The Hall–Kier alpha value is -2.27. The van der Waals surface area contributed by atoms with E-state index >= 15 is 0 Å². The molecule has 2 aromatic carbocycles. The lowest BCUT2D eigenvalue weighted by Crippen LogP contribution is -1.98. The van der Waals surface area contributed by atoms with Crippen LogP contribution in [-0.2, 0) is 11.4 Å². The highest BCUT2D eigenvalue weighted by Gasteiger charge is 2.07. The Labute approximate surface area is 130 Å². The van der Waals surface area contributed by atoms with Crippen molar-refractivity contribution in [3.05, 3.63) is 64.1 Å². The van der Waals surface area contributed by atoms with Gasteiger partial charge in [0.2, 0.25) is 0 Å². The van der Waals surface area contributed by atoms with E-state index in [0.717, 1.165) is 16.1 Å². The van der Waals surface area contributed by atoms with Crippen LogP contribution in [0.3, 0.4) is 0 Å². The van der Waals surface area contributed by atoms with E-state index in [-0.39, 0.29) is 12.4 Å². The van der Waals surface area contributed by atoms with E-state index in [1.807, 2.05) is 12.1 Å². The lowest BCUT2D eigenvalue weighted by atomic mass is 10.2. The van der Waals surface area contributed by atoms with Crippen LogP contribution in [0, 0.1) is 0 Å². The van der Waals surface area contributed by atoms with Gasteiger partial charge in [-0.25, -0.2) is 4.79 Å². The summed E-state index contributed by atoms with van der Waals surface area (Å²) >= 11 is 3.39. The van der Waals surface area contributed by atoms with E-state index in [1.54, 1.807) is 30.3 Å². The normalized spacial score (nSPS) is 10.7. The van der Waals surface area contributed by atoms with Crippen LogP contribution in [0.2, 0.25) is 0 Å². The smallest absolute Gasteiger partial charge is 0.328 e. The molecule has 21 heavy (non-hydrogen) atoms. The first-order valence-electron chi connectivity index (χ1n) is 6.16. The fourth-order valence-electron chi connectivity index (χ4n) is 1.77. The number of hydrogen-bond donors (Lipinski definition) is 2. The van der Waals surface area contributed by atoms with Crippen molar-refractivity contribution in [2.75, 3.05) is 0 Å². The standard InChI is InChI=1S/C16H13BrO4/c17-14-6-2-4-12(7-8-15(19)20)16(14)21-10-11-3-1-5-13(18)9-11/h1-9,18H,10H2,(H,19,20)/b8-7+. The maximum atomic E-state index is 10.6. The summed E-state index contributed by atoms with van der Waals surface area (Å²) in [6, 6.07) is 12.2. The van der Waals surface area contributed by atoms with E-state index in [0.29, 0.717) is 11.3 Å². The lowest BCUT2D eigenvalue weighted by molar-refractivity contribution is -0.131. The zero-order valence-corrected chi connectivity index (χ0v) is 12.6. The number of ether oxygens (including phenoxy) is 1. The molecule has 108 valence electrons. The molecular weight excluding hydrogens is 336 g/mol. The maximum Gasteiger partial charge on any atom is 0.328 e. The monoisotopic (exact) mass is 348 g/mol. The summed E-state index contributed by atoms with van der Waals surface area (Å²) in [5.74, 6) is -0.290. The third-order valence-electron chi connectivity index (χ3n) is 2.70. The summed E-state index contributed by atoms with van der Waals surface area (Å²) in [6.45, 7) is 0.269. The Morgan fingerprint density at radius 1 is 1.24 bits per heavy atom. The highest BCUT2D eigenvalue weighted by molar-refractivity contribution is 9.10. The number of carbonyl (C=O) groups is 1. The Bertz CT molecular complexity index is 680. The van der Waals surface area contributed by atoms with Crippen molar-refractivity contribution in [1.82, 2.24) is 0 Å².